The van der Waals surface area contributed by atoms with Crippen LogP contribution in [-0.4, -0.2) is 15.9 Å². The van der Waals surface area contributed by atoms with Gasteiger partial charge in [-0.15, -0.1) is 0 Å². The van der Waals surface area contributed by atoms with Crippen molar-refractivity contribution in [2.45, 2.75) is 12.6 Å². The molecule has 2 heterocycles. The van der Waals surface area contributed by atoms with Crippen LogP contribution in [0.2, 0.25) is 0 Å². The summed E-state index contributed by atoms with van der Waals surface area (Å²) in [5, 5.41) is 0.487. The van der Waals surface area contributed by atoms with Crippen LogP contribution >= 0.6 is 12.2 Å². The highest BCUT2D eigenvalue weighted by atomic mass is 32.1. The lowest BCUT2D eigenvalue weighted by Gasteiger charge is -2.23. The maximum absolute atomic E-state index is 13.2. The van der Waals surface area contributed by atoms with Crippen molar-refractivity contribution in [3.8, 4) is 0 Å². The Hall–Kier alpha value is -2.92. The number of anilines is 1. The molecule has 4 nitrogen and oxygen atoms in total. The van der Waals surface area contributed by atoms with E-state index in [1.54, 1.807) is 11.2 Å². The lowest BCUT2D eigenvalue weighted by Crippen LogP contribution is -2.32. The summed E-state index contributed by atoms with van der Waals surface area (Å²) in [5.41, 5.74) is 1.69. The molecule has 1 saturated heterocycles. The number of amides is 1. The summed E-state index contributed by atoms with van der Waals surface area (Å²) in [7, 11) is 0. The van der Waals surface area contributed by atoms with Crippen LogP contribution in [0.25, 0.3) is 0 Å². The highest BCUT2D eigenvalue weighted by molar-refractivity contribution is 7.80. The van der Waals surface area contributed by atoms with Crippen LogP contribution < -0.4 is 4.90 Å². The lowest BCUT2D eigenvalue weighted by molar-refractivity contribution is -0.120. The number of para-hydroxylation sites is 1. The van der Waals surface area contributed by atoms with Crippen LogP contribution in [0.15, 0.2) is 83.5 Å². The molecule has 0 N–H and O–H groups in total. The molecule has 1 aliphatic rings. The molecule has 1 amide bonds. The molecular formula is C20H16N2O2S. The van der Waals surface area contributed by atoms with E-state index in [9.17, 15) is 4.79 Å². The number of benzene rings is 2. The van der Waals surface area contributed by atoms with Gasteiger partial charge in [0, 0.05) is 0 Å². The van der Waals surface area contributed by atoms with Crippen molar-refractivity contribution in [1.29, 1.82) is 0 Å². The Bertz CT molecular complexity index is 879. The van der Waals surface area contributed by atoms with Gasteiger partial charge in [-0.3, -0.25) is 9.69 Å². The highest BCUT2D eigenvalue weighted by Gasteiger charge is 2.44. The number of nitrogens with zero attached hydrogens (tertiary/aromatic N) is 2. The number of rotatable bonds is 4. The molecule has 124 valence electrons. The van der Waals surface area contributed by atoms with Crippen LogP contribution in [0, 0.1) is 0 Å². The minimum Gasteiger partial charge on any atom is -0.467 e. The summed E-state index contributed by atoms with van der Waals surface area (Å²) >= 11 is 5.66. The number of thiocarbonyl (C=S) groups is 1. The van der Waals surface area contributed by atoms with Gasteiger partial charge in [0.15, 0.2) is 5.11 Å². The monoisotopic (exact) mass is 348 g/mol. The summed E-state index contributed by atoms with van der Waals surface area (Å²) < 4.78 is 5.47. The van der Waals surface area contributed by atoms with Gasteiger partial charge in [0.25, 0.3) is 5.91 Å². The molecule has 0 saturated carbocycles. The van der Waals surface area contributed by atoms with Gasteiger partial charge in [-0.25, -0.2) is 0 Å². The average Bonchev–Trinajstić information content (AvgIpc) is 3.24. The Morgan fingerprint density at radius 1 is 0.920 bits per heavy atom. The van der Waals surface area contributed by atoms with Gasteiger partial charge in [-0.05, 0) is 42.0 Å². The first-order valence-corrected chi connectivity index (χ1v) is 8.43. The number of carbonyl (C=O) groups excluding carboxylic acids is 1. The van der Waals surface area contributed by atoms with Crippen molar-refractivity contribution in [2.75, 3.05) is 4.90 Å². The van der Waals surface area contributed by atoms with E-state index in [0.29, 0.717) is 11.7 Å². The van der Waals surface area contributed by atoms with E-state index in [-0.39, 0.29) is 5.91 Å². The van der Waals surface area contributed by atoms with Crippen LogP contribution in [0.3, 0.4) is 0 Å². The number of furan rings is 1. The quantitative estimate of drug-likeness (QED) is 0.664. The maximum Gasteiger partial charge on any atom is 0.260 e. The van der Waals surface area contributed by atoms with Crippen molar-refractivity contribution >= 4 is 28.9 Å². The molecule has 1 aliphatic heterocycles. The van der Waals surface area contributed by atoms with E-state index in [0.717, 1.165) is 17.0 Å². The summed E-state index contributed by atoms with van der Waals surface area (Å²) in [6.07, 6.45) is 1.63. The third-order valence-electron chi connectivity index (χ3n) is 4.24. The minimum atomic E-state index is -0.459. The van der Waals surface area contributed by atoms with E-state index in [1.807, 2.05) is 77.7 Å². The molecular weight excluding hydrogens is 332 g/mol. The van der Waals surface area contributed by atoms with Crippen molar-refractivity contribution in [3.63, 3.8) is 0 Å². The predicted molar refractivity (Wildman–Crippen MR) is 100.0 cm³/mol. The second-order valence-electron chi connectivity index (χ2n) is 5.81. The summed E-state index contributed by atoms with van der Waals surface area (Å²) in [6.45, 7) is 0.445. The molecule has 1 fully saturated rings. The fraction of sp³-hybridized carbons (Fsp3) is 0.100. The second-order valence-corrected chi connectivity index (χ2v) is 6.18. The molecule has 2 aromatic carbocycles. The number of hydrogen-bond donors (Lipinski definition) is 0. The minimum absolute atomic E-state index is 0.0473. The Morgan fingerprint density at radius 2 is 1.60 bits per heavy atom. The molecule has 1 aromatic heterocycles. The smallest absolute Gasteiger partial charge is 0.260 e. The SMILES string of the molecule is O=C1C(c2ccccc2)N(Cc2ccco2)C(=S)N1c1ccccc1. The molecule has 0 aliphatic carbocycles. The zero-order valence-corrected chi connectivity index (χ0v) is 14.2. The average molecular weight is 348 g/mol. The molecule has 0 radical (unpaired) electrons. The van der Waals surface area contributed by atoms with Crippen LogP contribution in [0.5, 0.6) is 0 Å². The predicted octanol–water partition coefficient (Wildman–Crippen LogP) is 4.15. The Balaban J connectivity index is 1.76. The van der Waals surface area contributed by atoms with Crippen molar-refractivity contribution in [3.05, 3.63) is 90.4 Å². The van der Waals surface area contributed by atoms with Crippen molar-refractivity contribution in [1.82, 2.24) is 4.90 Å². The van der Waals surface area contributed by atoms with E-state index in [4.69, 9.17) is 16.6 Å². The van der Waals surface area contributed by atoms with Gasteiger partial charge in [-0.1, -0.05) is 48.5 Å². The zero-order valence-electron chi connectivity index (χ0n) is 13.4. The highest BCUT2D eigenvalue weighted by Crippen LogP contribution is 2.35. The molecule has 0 spiro atoms. The zero-order chi connectivity index (χ0) is 17.2. The molecule has 1 atom stereocenters. The fourth-order valence-electron chi connectivity index (χ4n) is 3.09. The van der Waals surface area contributed by atoms with Gasteiger partial charge >= 0.3 is 0 Å². The van der Waals surface area contributed by atoms with E-state index < -0.39 is 6.04 Å². The Morgan fingerprint density at radius 3 is 2.24 bits per heavy atom. The first kappa shape index (κ1) is 15.6. The first-order chi connectivity index (χ1) is 12.3. The third kappa shape index (κ3) is 2.83. The summed E-state index contributed by atoms with van der Waals surface area (Å²) in [4.78, 5) is 16.7. The Kier molecular flexibility index (Phi) is 4.07. The fourth-order valence-corrected chi connectivity index (χ4v) is 3.46. The molecule has 5 heteroatoms. The summed E-state index contributed by atoms with van der Waals surface area (Å²) in [6, 6.07) is 22.5. The second kappa shape index (κ2) is 6.53. The standard InChI is InChI=1S/C20H16N2O2S/c23-19-18(15-8-3-1-4-9-15)21(14-17-12-7-13-24-17)20(25)22(19)16-10-5-2-6-11-16/h1-13,18H,14H2. The van der Waals surface area contributed by atoms with Crippen LogP contribution in [0.1, 0.15) is 17.4 Å². The van der Waals surface area contributed by atoms with Crippen molar-refractivity contribution < 1.29 is 9.21 Å². The molecule has 25 heavy (non-hydrogen) atoms. The largest absolute Gasteiger partial charge is 0.467 e. The molecule has 3 aromatic rings. The van der Waals surface area contributed by atoms with E-state index in [2.05, 4.69) is 0 Å². The first-order valence-electron chi connectivity index (χ1n) is 8.02. The Labute approximate surface area is 151 Å². The van der Waals surface area contributed by atoms with Crippen LogP contribution in [0.4, 0.5) is 5.69 Å². The third-order valence-corrected chi connectivity index (χ3v) is 4.66. The topological polar surface area (TPSA) is 36.7 Å². The van der Waals surface area contributed by atoms with Gasteiger partial charge in [0.1, 0.15) is 11.8 Å². The lowest BCUT2D eigenvalue weighted by atomic mass is 10.1. The van der Waals surface area contributed by atoms with E-state index in [1.165, 1.54) is 0 Å². The van der Waals surface area contributed by atoms with Gasteiger partial charge in [0.05, 0.1) is 18.5 Å². The normalized spacial score (nSPS) is 17.4. The van der Waals surface area contributed by atoms with Gasteiger partial charge in [0.2, 0.25) is 0 Å². The van der Waals surface area contributed by atoms with Gasteiger partial charge in [-0.2, -0.15) is 0 Å². The number of hydrogen-bond acceptors (Lipinski definition) is 3. The molecule has 0 bridgehead atoms. The summed E-state index contributed by atoms with van der Waals surface area (Å²) in [5.74, 6) is 0.722. The molecule has 4 rings (SSSR count). The van der Waals surface area contributed by atoms with Crippen LogP contribution in [-0.2, 0) is 11.3 Å². The maximum atomic E-state index is 13.2. The molecule has 1 unspecified atom stereocenters. The van der Waals surface area contributed by atoms with Gasteiger partial charge < -0.3 is 9.32 Å². The number of carbonyl (C=O) groups is 1. The van der Waals surface area contributed by atoms with Crippen molar-refractivity contribution in [2.24, 2.45) is 0 Å². The van der Waals surface area contributed by atoms with E-state index >= 15 is 0 Å².